The van der Waals surface area contributed by atoms with E-state index in [0.717, 1.165) is 36.2 Å². The highest BCUT2D eigenvalue weighted by atomic mass is 19.1. The van der Waals surface area contributed by atoms with Gasteiger partial charge in [-0.25, -0.2) is 18.8 Å². The fraction of sp³-hybridized carbons (Fsp3) is 0.348. The maximum Gasteiger partial charge on any atom is 0.249 e. The van der Waals surface area contributed by atoms with Crippen LogP contribution in [0.2, 0.25) is 0 Å². The van der Waals surface area contributed by atoms with Crippen LogP contribution < -0.4 is 0 Å². The second-order valence-electron chi connectivity index (χ2n) is 9.28. The minimum atomic E-state index is -0.660. The zero-order valence-electron chi connectivity index (χ0n) is 17.0. The fourth-order valence-corrected chi connectivity index (χ4v) is 5.75. The van der Waals surface area contributed by atoms with E-state index in [9.17, 15) is 13.6 Å². The molecule has 7 nitrogen and oxygen atoms in total. The Bertz CT molecular complexity index is 1320. The van der Waals surface area contributed by atoms with E-state index < -0.39 is 23.1 Å². The number of nitriles is 1. The van der Waals surface area contributed by atoms with Gasteiger partial charge in [0, 0.05) is 36.8 Å². The Hall–Kier alpha value is -3.67. The number of fused-ring (bicyclic) bond motifs is 1. The van der Waals surface area contributed by atoms with E-state index in [1.165, 1.54) is 17.1 Å². The average molecular weight is 432 g/mol. The molecule has 3 fully saturated rings. The van der Waals surface area contributed by atoms with Gasteiger partial charge in [-0.3, -0.25) is 9.48 Å². The van der Waals surface area contributed by atoms with Gasteiger partial charge in [-0.2, -0.15) is 15.5 Å². The van der Waals surface area contributed by atoms with E-state index in [4.69, 9.17) is 5.26 Å². The Balaban J connectivity index is 1.16. The second-order valence-corrected chi connectivity index (χ2v) is 9.28. The minimum Gasteiger partial charge on any atom is -0.272 e. The number of rotatable bonds is 4. The molecule has 9 heteroatoms. The molecule has 4 aliphatic rings. The molecule has 0 spiro atoms. The van der Waals surface area contributed by atoms with Gasteiger partial charge in [-0.15, -0.1) is 0 Å². The molecule has 3 heterocycles. The highest BCUT2D eigenvalue weighted by molar-refractivity contribution is 5.88. The Morgan fingerprint density at radius 3 is 2.66 bits per heavy atom. The first-order valence-corrected chi connectivity index (χ1v) is 10.4. The van der Waals surface area contributed by atoms with Gasteiger partial charge < -0.3 is 0 Å². The molecule has 0 saturated heterocycles. The van der Waals surface area contributed by atoms with Crippen molar-refractivity contribution in [2.75, 3.05) is 0 Å². The number of benzene rings is 1. The first-order valence-electron chi connectivity index (χ1n) is 10.4. The van der Waals surface area contributed by atoms with Gasteiger partial charge in [-0.05, 0) is 48.4 Å². The molecule has 1 unspecified atom stereocenters. The molecule has 1 amide bonds. The number of aromatic nitrogens is 3. The summed E-state index contributed by atoms with van der Waals surface area (Å²) in [5, 5.41) is 20.1. The van der Waals surface area contributed by atoms with Crippen molar-refractivity contribution in [3.63, 3.8) is 0 Å². The summed E-state index contributed by atoms with van der Waals surface area (Å²) in [7, 11) is 0. The van der Waals surface area contributed by atoms with Crippen LogP contribution in [-0.2, 0) is 11.3 Å². The van der Waals surface area contributed by atoms with Crippen LogP contribution in [0.1, 0.15) is 43.0 Å². The van der Waals surface area contributed by atoms with Crippen LogP contribution in [0.15, 0.2) is 41.8 Å². The molecular formula is C23H18F2N6O. The third kappa shape index (κ3) is 2.75. The summed E-state index contributed by atoms with van der Waals surface area (Å²) in [6.45, 7) is 0.695. The molecule has 2 bridgehead atoms. The van der Waals surface area contributed by atoms with Crippen molar-refractivity contribution in [3.05, 3.63) is 59.6 Å². The van der Waals surface area contributed by atoms with Crippen LogP contribution in [0, 0.1) is 33.8 Å². The number of carbonyl (C=O) groups excluding carboxylic acids is 1. The topological polar surface area (TPSA) is 87.2 Å². The Labute approximate surface area is 182 Å². The van der Waals surface area contributed by atoms with Crippen molar-refractivity contribution in [2.45, 2.75) is 38.3 Å². The average Bonchev–Trinajstić information content (AvgIpc) is 3.34. The second kappa shape index (κ2) is 6.42. The van der Waals surface area contributed by atoms with Crippen molar-refractivity contribution >= 4 is 23.0 Å². The number of hydrogen-bond acceptors (Lipinski definition) is 5. The molecule has 0 N–H and O–H groups in total. The summed E-state index contributed by atoms with van der Waals surface area (Å²) in [6, 6.07) is 6.62. The van der Waals surface area contributed by atoms with Gasteiger partial charge in [0.15, 0.2) is 0 Å². The predicted molar refractivity (Wildman–Crippen MR) is 110 cm³/mol. The molecule has 7 rings (SSSR count). The largest absolute Gasteiger partial charge is 0.272 e. The molecule has 32 heavy (non-hydrogen) atoms. The van der Waals surface area contributed by atoms with Crippen LogP contribution in [-0.4, -0.2) is 31.9 Å². The molecular weight excluding hydrogens is 414 g/mol. The first kappa shape index (κ1) is 19.0. The quantitative estimate of drug-likeness (QED) is 0.629. The maximum atomic E-state index is 13.7. The van der Waals surface area contributed by atoms with Crippen molar-refractivity contribution in [2.24, 2.45) is 15.9 Å². The Morgan fingerprint density at radius 1 is 1.19 bits per heavy atom. The van der Waals surface area contributed by atoms with Gasteiger partial charge >= 0.3 is 0 Å². The normalized spacial score (nSPS) is 27.8. The summed E-state index contributed by atoms with van der Waals surface area (Å²) < 4.78 is 29.3. The van der Waals surface area contributed by atoms with E-state index in [-0.39, 0.29) is 11.3 Å². The van der Waals surface area contributed by atoms with E-state index in [0.29, 0.717) is 24.2 Å². The summed E-state index contributed by atoms with van der Waals surface area (Å²) >= 11 is 0. The van der Waals surface area contributed by atoms with E-state index in [1.54, 1.807) is 18.5 Å². The summed E-state index contributed by atoms with van der Waals surface area (Å²) in [5.74, 6) is -1.39. The SMILES string of the molecule is N#Cc1cc2cn(CC34CC(C(=O)N5N=CCC5c5cc(F)cc(F)c5)(C3)C4)nc2cn1. The summed E-state index contributed by atoms with van der Waals surface area (Å²) in [6.07, 6.45) is 7.80. The summed E-state index contributed by atoms with van der Waals surface area (Å²) in [5.41, 5.74) is 1.08. The van der Waals surface area contributed by atoms with Gasteiger partial charge in [0.25, 0.3) is 0 Å². The van der Waals surface area contributed by atoms with Crippen molar-refractivity contribution in [1.82, 2.24) is 19.8 Å². The Morgan fingerprint density at radius 2 is 1.94 bits per heavy atom. The lowest BCUT2D eigenvalue weighted by Gasteiger charge is -2.69. The molecule has 1 atom stereocenters. The van der Waals surface area contributed by atoms with Gasteiger partial charge in [-0.1, -0.05) is 0 Å². The van der Waals surface area contributed by atoms with E-state index in [2.05, 4.69) is 15.2 Å². The van der Waals surface area contributed by atoms with Crippen molar-refractivity contribution < 1.29 is 13.6 Å². The smallest absolute Gasteiger partial charge is 0.249 e. The molecule has 160 valence electrons. The highest BCUT2D eigenvalue weighted by Crippen LogP contribution is 2.74. The minimum absolute atomic E-state index is 0.0209. The number of hydrogen-bond donors (Lipinski definition) is 0. The monoisotopic (exact) mass is 432 g/mol. The zero-order valence-corrected chi connectivity index (χ0v) is 17.0. The number of halogens is 2. The zero-order chi connectivity index (χ0) is 22.1. The van der Waals surface area contributed by atoms with Crippen LogP contribution in [0.3, 0.4) is 0 Å². The van der Waals surface area contributed by atoms with E-state index >= 15 is 0 Å². The lowest BCUT2D eigenvalue weighted by molar-refractivity contribution is -0.223. The standard InChI is InChI=1S/C23H18F2N6O/c24-16-3-14(4-17(25)6-16)20-1-2-28-31(20)21(32)23-10-22(11-23,12-23)13-30-9-15-5-18(7-26)27-8-19(15)29-30/h2-6,8-9,20H,1,10-13H2. The van der Waals surface area contributed by atoms with Gasteiger partial charge in [0.2, 0.25) is 5.91 Å². The van der Waals surface area contributed by atoms with Gasteiger partial charge in [0.05, 0.1) is 17.7 Å². The van der Waals surface area contributed by atoms with Crippen molar-refractivity contribution in [1.29, 1.82) is 5.26 Å². The molecule has 3 aromatic rings. The molecule has 1 aromatic carbocycles. The lowest BCUT2D eigenvalue weighted by atomic mass is 9.34. The fourth-order valence-electron chi connectivity index (χ4n) is 5.75. The maximum absolute atomic E-state index is 13.7. The number of nitrogens with zero attached hydrogens (tertiary/aromatic N) is 6. The number of carbonyl (C=O) groups is 1. The molecule has 3 saturated carbocycles. The lowest BCUT2D eigenvalue weighted by Crippen LogP contribution is -2.68. The molecule has 2 aromatic heterocycles. The van der Waals surface area contributed by atoms with Crippen LogP contribution in [0.25, 0.3) is 10.9 Å². The predicted octanol–water partition coefficient (Wildman–Crippen LogP) is 3.71. The van der Waals surface area contributed by atoms with E-state index in [1.807, 2.05) is 16.9 Å². The molecule has 1 aliphatic heterocycles. The van der Waals surface area contributed by atoms with Crippen LogP contribution in [0.5, 0.6) is 0 Å². The highest BCUT2D eigenvalue weighted by Gasteiger charge is 2.72. The number of hydrazone groups is 1. The van der Waals surface area contributed by atoms with Crippen LogP contribution in [0.4, 0.5) is 8.78 Å². The number of amides is 1. The molecule has 3 aliphatic carbocycles. The Kier molecular flexibility index (Phi) is 3.82. The third-order valence-electron chi connectivity index (χ3n) is 6.95. The van der Waals surface area contributed by atoms with Crippen LogP contribution >= 0.6 is 0 Å². The number of pyridine rings is 1. The summed E-state index contributed by atoms with van der Waals surface area (Å²) in [4.78, 5) is 17.4. The van der Waals surface area contributed by atoms with Crippen molar-refractivity contribution in [3.8, 4) is 6.07 Å². The first-order chi connectivity index (χ1) is 15.4. The third-order valence-corrected chi connectivity index (χ3v) is 6.95. The molecule has 0 radical (unpaired) electrons. The van der Waals surface area contributed by atoms with Gasteiger partial charge in [0.1, 0.15) is 28.9 Å².